The van der Waals surface area contributed by atoms with E-state index in [0.717, 1.165) is 0 Å². The maximum atomic E-state index is 11.0. The predicted molar refractivity (Wildman–Crippen MR) is 81.1 cm³/mol. The van der Waals surface area contributed by atoms with Gasteiger partial charge in [0, 0.05) is 7.11 Å². The summed E-state index contributed by atoms with van der Waals surface area (Å²) in [5.41, 5.74) is 0. The van der Waals surface area contributed by atoms with Gasteiger partial charge in [0.05, 0.1) is 26.7 Å². The summed E-state index contributed by atoms with van der Waals surface area (Å²) in [5.74, 6) is -1.08. The van der Waals surface area contributed by atoms with Crippen molar-refractivity contribution >= 4 is 14.3 Å². The Bertz CT molecular complexity index is 311. The minimum absolute atomic E-state index is 0.0960. The highest BCUT2D eigenvalue weighted by Gasteiger charge is 2.43. The third-order valence-corrected chi connectivity index (χ3v) is 8.31. The van der Waals surface area contributed by atoms with E-state index in [9.17, 15) is 4.79 Å². The van der Waals surface area contributed by atoms with E-state index in [2.05, 4.69) is 38.6 Å². The van der Waals surface area contributed by atoms with Gasteiger partial charge in [-0.1, -0.05) is 20.8 Å². The van der Waals surface area contributed by atoms with Crippen LogP contribution >= 0.6 is 0 Å². The second-order valence-electron chi connectivity index (χ2n) is 6.58. The number of rotatable bonds is 8. The number of carbonyl (C=O) groups excluding carboxylic acids is 1. The van der Waals surface area contributed by atoms with E-state index < -0.39 is 14.1 Å². The van der Waals surface area contributed by atoms with E-state index in [1.807, 2.05) is 6.92 Å². The van der Waals surface area contributed by atoms with Gasteiger partial charge < -0.3 is 18.6 Å². The average Bonchev–Trinajstić information content (AvgIpc) is 2.32. The highest BCUT2D eigenvalue weighted by Crippen LogP contribution is 2.39. The number of hydrogen-bond acceptors (Lipinski definition) is 5. The Morgan fingerprint density at radius 2 is 1.65 bits per heavy atom. The number of ether oxygens (including phenoxy) is 3. The Kier molecular flexibility index (Phi) is 7.38. The van der Waals surface area contributed by atoms with Gasteiger partial charge in [-0.15, -0.1) is 0 Å². The zero-order chi connectivity index (χ0) is 16.0. The van der Waals surface area contributed by atoms with Crippen LogP contribution in [0.25, 0.3) is 0 Å². The molecule has 0 N–H and O–H groups in total. The first-order valence-corrected chi connectivity index (χ1v) is 9.78. The molecule has 0 aromatic rings. The summed E-state index contributed by atoms with van der Waals surface area (Å²) in [5, 5.41) is 0.0960. The molecular formula is C14H30O5Si. The van der Waals surface area contributed by atoms with Crippen LogP contribution in [0.4, 0.5) is 0 Å². The van der Waals surface area contributed by atoms with Crippen molar-refractivity contribution < 1.29 is 23.4 Å². The topological polar surface area (TPSA) is 54.0 Å². The Hall–Kier alpha value is -0.433. The van der Waals surface area contributed by atoms with Crippen LogP contribution in [0.15, 0.2) is 0 Å². The highest BCUT2D eigenvalue weighted by molar-refractivity contribution is 6.74. The molecule has 0 bridgehead atoms. The summed E-state index contributed by atoms with van der Waals surface area (Å²) in [6.07, 6.45) is 0.233. The van der Waals surface area contributed by atoms with E-state index >= 15 is 0 Å². The largest absolute Gasteiger partial charge is 0.469 e. The van der Waals surface area contributed by atoms with E-state index in [0.29, 0.717) is 6.61 Å². The SMILES string of the molecule is COC(=O)CCOC[C@](C)(OC)O[Si](C)(C)C(C)(C)C. The summed E-state index contributed by atoms with van der Waals surface area (Å²) >= 11 is 0. The zero-order valence-electron chi connectivity index (χ0n) is 14.2. The second-order valence-corrected chi connectivity index (χ2v) is 11.3. The highest BCUT2D eigenvalue weighted by atomic mass is 28.4. The van der Waals surface area contributed by atoms with Crippen LogP contribution in [0.3, 0.4) is 0 Å². The van der Waals surface area contributed by atoms with Crippen LogP contribution in [0.1, 0.15) is 34.1 Å². The van der Waals surface area contributed by atoms with Crippen molar-refractivity contribution in [2.24, 2.45) is 0 Å². The molecule has 5 nitrogen and oxygen atoms in total. The second kappa shape index (κ2) is 7.54. The molecular weight excluding hydrogens is 276 g/mol. The van der Waals surface area contributed by atoms with Crippen molar-refractivity contribution in [3.05, 3.63) is 0 Å². The fourth-order valence-electron chi connectivity index (χ4n) is 1.34. The van der Waals surface area contributed by atoms with Crippen LogP contribution in [0.5, 0.6) is 0 Å². The molecule has 0 radical (unpaired) electrons. The Balaban J connectivity index is 4.44. The van der Waals surface area contributed by atoms with Crippen LogP contribution in [-0.2, 0) is 23.4 Å². The Morgan fingerprint density at radius 3 is 2.05 bits per heavy atom. The first kappa shape index (κ1) is 19.6. The van der Waals surface area contributed by atoms with Crippen molar-refractivity contribution in [2.45, 2.75) is 58.0 Å². The first-order chi connectivity index (χ1) is 8.97. The number of methoxy groups -OCH3 is 2. The minimum atomic E-state index is -1.95. The van der Waals surface area contributed by atoms with Crippen molar-refractivity contribution in [1.29, 1.82) is 0 Å². The van der Waals surface area contributed by atoms with Gasteiger partial charge in [-0.2, -0.15) is 0 Å². The number of hydrogen-bond donors (Lipinski definition) is 0. The molecule has 0 aromatic heterocycles. The lowest BCUT2D eigenvalue weighted by Gasteiger charge is -2.43. The Morgan fingerprint density at radius 1 is 1.10 bits per heavy atom. The van der Waals surface area contributed by atoms with Gasteiger partial charge in [0.25, 0.3) is 0 Å². The van der Waals surface area contributed by atoms with Gasteiger partial charge in [0.2, 0.25) is 0 Å². The molecule has 0 spiro atoms. The van der Waals surface area contributed by atoms with Gasteiger partial charge in [-0.25, -0.2) is 0 Å². The van der Waals surface area contributed by atoms with Gasteiger partial charge in [0.15, 0.2) is 14.1 Å². The number of esters is 1. The quantitative estimate of drug-likeness (QED) is 0.299. The summed E-state index contributed by atoms with van der Waals surface area (Å²) in [6.45, 7) is 13.3. The van der Waals surface area contributed by atoms with Crippen molar-refractivity contribution in [3.8, 4) is 0 Å². The molecule has 0 unspecified atom stereocenters. The average molecular weight is 306 g/mol. The fraction of sp³-hybridized carbons (Fsp3) is 0.929. The van der Waals surface area contributed by atoms with Crippen molar-refractivity contribution in [2.75, 3.05) is 27.4 Å². The van der Waals surface area contributed by atoms with Gasteiger partial charge in [-0.3, -0.25) is 4.79 Å². The van der Waals surface area contributed by atoms with Crippen LogP contribution in [-0.4, -0.2) is 47.5 Å². The molecule has 120 valence electrons. The van der Waals surface area contributed by atoms with Crippen molar-refractivity contribution in [3.63, 3.8) is 0 Å². The van der Waals surface area contributed by atoms with Crippen LogP contribution in [0, 0.1) is 0 Å². The summed E-state index contributed by atoms with van der Waals surface area (Å²) in [4.78, 5) is 11.0. The molecule has 0 rings (SSSR count). The smallest absolute Gasteiger partial charge is 0.307 e. The molecule has 0 aliphatic rings. The zero-order valence-corrected chi connectivity index (χ0v) is 15.2. The minimum Gasteiger partial charge on any atom is -0.469 e. The van der Waals surface area contributed by atoms with Crippen molar-refractivity contribution in [1.82, 2.24) is 0 Å². The number of carbonyl (C=O) groups is 1. The maximum absolute atomic E-state index is 11.0. The van der Waals surface area contributed by atoms with E-state index in [-0.39, 0.29) is 24.0 Å². The summed E-state index contributed by atoms with van der Waals surface area (Å²) in [6, 6.07) is 0. The molecule has 0 saturated heterocycles. The molecule has 0 saturated carbocycles. The normalized spacial score (nSPS) is 15.8. The monoisotopic (exact) mass is 306 g/mol. The van der Waals surface area contributed by atoms with Crippen LogP contribution < -0.4 is 0 Å². The lowest BCUT2D eigenvalue weighted by molar-refractivity contribution is -0.194. The molecule has 20 heavy (non-hydrogen) atoms. The Labute approximate surface area is 124 Å². The predicted octanol–water partition coefficient (Wildman–Crippen LogP) is 2.95. The third-order valence-electron chi connectivity index (χ3n) is 3.75. The fourth-order valence-corrected chi connectivity index (χ4v) is 2.87. The van der Waals surface area contributed by atoms with E-state index in [4.69, 9.17) is 13.9 Å². The van der Waals surface area contributed by atoms with E-state index in [1.54, 1.807) is 7.11 Å². The molecule has 0 fully saturated rings. The molecule has 1 atom stereocenters. The first-order valence-electron chi connectivity index (χ1n) is 6.87. The molecule has 0 heterocycles. The van der Waals surface area contributed by atoms with Crippen LogP contribution in [0.2, 0.25) is 18.1 Å². The maximum Gasteiger partial charge on any atom is 0.307 e. The van der Waals surface area contributed by atoms with Gasteiger partial charge >= 0.3 is 5.97 Å². The molecule has 0 aromatic carbocycles. The van der Waals surface area contributed by atoms with Gasteiger partial charge in [-0.05, 0) is 25.1 Å². The molecule has 0 aliphatic heterocycles. The molecule has 0 amide bonds. The summed E-state index contributed by atoms with van der Waals surface area (Å²) in [7, 11) is 1.02. The molecule has 0 aliphatic carbocycles. The summed E-state index contributed by atoms with van der Waals surface area (Å²) < 4.78 is 21.8. The lowest BCUT2D eigenvalue weighted by atomic mass is 10.2. The standard InChI is InChI=1S/C14H30O5Si/c1-13(2,3)20(7,8)19-14(4,17-6)11-18-10-9-12(15)16-5/h9-11H2,1-8H3/t14-/m1/s1. The molecule has 6 heteroatoms. The van der Waals surface area contributed by atoms with E-state index in [1.165, 1.54) is 7.11 Å². The third kappa shape index (κ3) is 6.34. The van der Waals surface area contributed by atoms with Gasteiger partial charge in [0.1, 0.15) is 0 Å². The lowest BCUT2D eigenvalue weighted by Crippen LogP contribution is -2.51.